The van der Waals surface area contributed by atoms with Crippen molar-refractivity contribution in [2.45, 2.75) is 43.8 Å². The van der Waals surface area contributed by atoms with E-state index in [4.69, 9.17) is 11.6 Å². The second-order valence-corrected chi connectivity index (χ2v) is 5.50. The first kappa shape index (κ1) is 11.2. The summed E-state index contributed by atoms with van der Waals surface area (Å²) < 4.78 is 2.43. The molecule has 2 nitrogen and oxygen atoms in total. The van der Waals surface area contributed by atoms with Gasteiger partial charge in [-0.05, 0) is 50.8 Å². The molecule has 0 saturated carbocycles. The topological polar surface area (TPSA) is 16.1 Å². The van der Waals surface area contributed by atoms with Gasteiger partial charge in [-0.15, -0.1) is 0 Å². The predicted octanol–water partition coefficient (Wildman–Crippen LogP) is 3.61. The minimum absolute atomic E-state index is 0.641. The van der Waals surface area contributed by atoms with Crippen molar-refractivity contribution < 1.29 is 0 Å². The Hall–Kier alpha value is -0.250. The standard InChI is InChI=1S/C11H15ClN2S/c1-8-3-4-9(2)14(8)15-11-6-5-10(12)7-13-11/h5-9H,3-4H2,1-2H3/t8-,9+. The lowest BCUT2D eigenvalue weighted by Gasteiger charge is -2.23. The van der Waals surface area contributed by atoms with E-state index in [1.807, 2.05) is 12.1 Å². The molecule has 0 spiro atoms. The van der Waals surface area contributed by atoms with E-state index in [0.717, 1.165) is 5.03 Å². The molecule has 0 unspecified atom stereocenters. The van der Waals surface area contributed by atoms with Crippen molar-refractivity contribution in [3.63, 3.8) is 0 Å². The summed E-state index contributed by atoms with van der Waals surface area (Å²) >= 11 is 7.54. The van der Waals surface area contributed by atoms with Gasteiger partial charge in [0.15, 0.2) is 0 Å². The van der Waals surface area contributed by atoms with Crippen LogP contribution in [-0.2, 0) is 0 Å². The third-order valence-corrected chi connectivity index (χ3v) is 4.35. The average Bonchev–Trinajstić information content (AvgIpc) is 2.53. The molecule has 0 N–H and O–H groups in total. The average molecular weight is 243 g/mol. The van der Waals surface area contributed by atoms with E-state index in [-0.39, 0.29) is 0 Å². The Balaban J connectivity index is 2.04. The predicted molar refractivity (Wildman–Crippen MR) is 65.1 cm³/mol. The van der Waals surface area contributed by atoms with E-state index >= 15 is 0 Å². The molecule has 2 rings (SSSR count). The van der Waals surface area contributed by atoms with Crippen LogP contribution in [0.25, 0.3) is 0 Å². The molecular formula is C11H15ClN2S. The molecule has 0 aromatic carbocycles. The van der Waals surface area contributed by atoms with Gasteiger partial charge in [-0.25, -0.2) is 9.29 Å². The Morgan fingerprint density at radius 2 is 2.00 bits per heavy atom. The van der Waals surface area contributed by atoms with E-state index in [2.05, 4.69) is 23.1 Å². The summed E-state index contributed by atoms with van der Waals surface area (Å²) in [4.78, 5) is 4.30. The SMILES string of the molecule is C[C@@H]1CC[C@H](C)N1Sc1ccc(Cl)cn1. The molecule has 0 bridgehead atoms. The first-order valence-electron chi connectivity index (χ1n) is 5.24. The van der Waals surface area contributed by atoms with E-state index < -0.39 is 0 Å². The zero-order valence-electron chi connectivity index (χ0n) is 8.98. The smallest absolute Gasteiger partial charge is 0.111 e. The molecule has 1 aromatic rings. The molecular weight excluding hydrogens is 228 g/mol. The molecule has 0 aliphatic carbocycles. The maximum absolute atomic E-state index is 5.80. The highest BCUT2D eigenvalue weighted by Crippen LogP contribution is 2.34. The molecule has 4 heteroatoms. The molecule has 1 saturated heterocycles. The van der Waals surface area contributed by atoms with Crippen molar-refractivity contribution >= 4 is 23.5 Å². The number of halogens is 1. The van der Waals surface area contributed by atoms with Crippen molar-refractivity contribution in [2.75, 3.05) is 0 Å². The lowest BCUT2D eigenvalue weighted by molar-refractivity contribution is 0.393. The van der Waals surface area contributed by atoms with Crippen LogP contribution in [0.2, 0.25) is 5.02 Å². The number of hydrogen-bond acceptors (Lipinski definition) is 3. The fraction of sp³-hybridized carbons (Fsp3) is 0.545. The van der Waals surface area contributed by atoms with Crippen LogP contribution in [0.3, 0.4) is 0 Å². The largest absolute Gasteiger partial charge is 0.247 e. The third-order valence-electron chi connectivity index (χ3n) is 2.77. The zero-order chi connectivity index (χ0) is 10.8. The van der Waals surface area contributed by atoms with Crippen LogP contribution in [0.1, 0.15) is 26.7 Å². The van der Waals surface area contributed by atoms with Crippen molar-refractivity contribution in [1.82, 2.24) is 9.29 Å². The van der Waals surface area contributed by atoms with E-state index in [1.54, 1.807) is 18.1 Å². The summed E-state index contributed by atoms with van der Waals surface area (Å²) in [5.41, 5.74) is 0. The van der Waals surface area contributed by atoms with Crippen LogP contribution >= 0.6 is 23.5 Å². The van der Waals surface area contributed by atoms with Crippen LogP contribution in [0, 0.1) is 0 Å². The molecule has 2 heterocycles. The highest BCUT2D eigenvalue weighted by Gasteiger charge is 2.28. The summed E-state index contributed by atoms with van der Waals surface area (Å²) in [6.07, 6.45) is 4.26. The Bertz CT molecular complexity index is 318. The van der Waals surface area contributed by atoms with Gasteiger partial charge in [0.2, 0.25) is 0 Å². The Morgan fingerprint density at radius 1 is 1.33 bits per heavy atom. The quantitative estimate of drug-likeness (QED) is 0.737. The van der Waals surface area contributed by atoms with Crippen molar-refractivity contribution in [1.29, 1.82) is 0 Å². The minimum Gasteiger partial charge on any atom is -0.247 e. The second kappa shape index (κ2) is 4.73. The van der Waals surface area contributed by atoms with Crippen LogP contribution in [0.4, 0.5) is 0 Å². The van der Waals surface area contributed by atoms with E-state index in [0.29, 0.717) is 17.1 Å². The lowest BCUT2D eigenvalue weighted by Crippen LogP contribution is -2.25. The molecule has 0 radical (unpaired) electrons. The van der Waals surface area contributed by atoms with Gasteiger partial charge in [0.1, 0.15) is 5.03 Å². The number of pyridine rings is 1. The van der Waals surface area contributed by atoms with Crippen LogP contribution in [0.15, 0.2) is 23.4 Å². The van der Waals surface area contributed by atoms with Crippen LogP contribution in [-0.4, -0.2) is 21.4 Å². The normalized spacial score (nSPS) is 27.1. The van der Waals surface area contributed by atoms with Crippen molar-refractivity contribution in [3.05, 3.63) is 23.4 Å². The summed E-state index contributed by atoms with van der Waals surface area (Å²) in [6, 6.07) is 5.15. The molecule has 82 valence electrons. The summed E-state index contributed by atoms with van der Waals surface area (Å²) in [7, 11) is 0. The summed E-state index contributed by atoms with van der Waals surface area (Å²) in [5, 5.41) is 1.72. The number of nitrogens with zero attached hydrogens (tertiary/aromatic N) is 2. The zero-order valence-corrected chi connectivity index (χ0v) is 10.6. The van der Waals surface area contributed by atoms with Crippen LogP contribution < -0.4 is 0 Å². The Morgan fingerprint density at radius 3 is 2.53 bits per heavy atom. The maximum Gasteiger partial charge on any atom is 0.111 e. The first-order valence-corrected chi connectivity index (χ1v) is 6.40. The third kappa shape index (κ3) is 2.65. The summed E-state index contributed by atoms with van der Waals surface area (Å²) in [5.74, 6) is 0. The minimum atomic E-state index is 0.641. The lowest BCUT2D eigenvalue weighted by atomic mass is 10.2. The number of aromatic nitrogens is 1. The van der Waals surface area contributed by atoms with E-state index in [1.165, 1.54) is 12.8 Å². The maximum atomic E-state index is 5.80. The van der Waals surface area contributed by atoms with Gasteiger partial charge in [-0.2, -0.15) is 0 Å². The van der Waals surface area contributed by atoms with E-state index in [9.17, 15) is 0 Å². The molecule has 1 aliphatic rings. The molecule has 1 fully saturated rings. The molecule has 15 heavy (non-hydrogen) atoms. The highest BCUT2D eigenvalue weighted by atomic mass is 35.5. The number of hydrogen-bond donors (Lipinski definition) is 0. The van der Waals surface area contributed by atoms with Gasteiger partial charge in [0.05, 0.1) is 5.02 Å². The Kier molecular flexibility index (Phi) is 3.54. The molecule has 2 atom stereocenters. The second-order valence-electron chi connectivity index (χ2n) is 4.04. The summed E-state index contributed by atoms with van der Waals surface area (Å²) in [6.45, 7) is 4.54. The number of rotatable bonds is 2. The molecule has 1 aromatic heterocycles. The molecule has 0 amide bonds. The van der Waals surface area contributed by atoms with Gasteiger partial charge < -0.3 is 0 Å². The van der Waals surface area contributed by atoms with Crippen molar-refractivity contribution in [3.8, 4) is 0 Å². The monoisotopic (exact) mass is 242 g/mol. The first-order chi connectivity index (χ1) is 7.16. The van der Waals surface area contributed by atoms with Gasteiger partial charge in [-0.3, -0.25) is 0 Å². The van der Waals surface area contributed by atoms with Gasteiger partial charge in [0, 0.05) is 18.3 Å². The highest BCUT2D eigenvalue weighted by molar-refractivity contribution is 7.97. The fourth-order valence-electron chi connectivity index (χ4n) is 1.88. The van der Waals surface area contributed by atoms with Gasteiger partial charge in [0.25, 0.3) is 0 Å². The Labute approximate surface area is 100 Å². The van der Waals surface area contributed by atoms with Crippen LogP contribution in [0.5, 0.6) is 0 Å². The van der Waals surface area contributed by atoms with Gasteiger partial charge >= 0.3 is 0 Å². The van der Waals surface area contributed by atoms with Crippen molar-refractivity contribution in [2.24, 2.45) is 0 Å². The molecule has 1 aliphatic heterocycles. The fourth-order valence-corrected chi connectivity index (χ4v) is 3.00. The van der Waals surface area contributed by atoms with Gasteiger partial charge in [-0.1, -0.05) is 11.6 Å².